The van der Waals surface area contributed by atoms with E-state index in [-0.39, 0.29) is 22.8 Å². The number of anilines is 1. The fourth-order valence-corrected chi connectivity index (χ4v) is 1.70. The van der Waals surface area contributed by atoms with Crippen LogP contribution in [0.3, 0.4) is 0 Å². The summed E-state index contributed by atoms with van der Waals surface area (Å²) < 4.78 is 0. The highest BCUT2D eigenvalue weighted by atomic mass is 16.6. The highest BCUT2D eigenvalue weighted by Gasteiger charge is 2.14. The number of nitrogen functional groups attached to an aromatic ring is 1. The van der Waals surface area contributed by atoms with Crippen LogP contribution in [0.1, 0.15) is 23.2 Å². The number of non-ortho nitro benzene ring substituents is 1. The molecule has 0 heterocycles. The molecular weight excluding hydrogens is 260 g/mol. The molecule has 0 saturated heterocycles. The van der Waals surface area contributed by atoms with Crippen LogP contribution < -0.4 is 11.1 Å². The van der Waals surface area contributed by atoms with E-state index < -0.39 is 4.92 Å². The first kappa shape index (κ1) is 15.9. The molecule has 0 aliphatic rings. The van der Waals surface area contributed by atoms with Crippen LogP contribution in [0.25, 0.3) is 0 Å². The number of nitro groups is 1. The summed E-state index contributed by atoms with van der Waals surface area (Å²) in [6.45, 7) is 1.48. The van der Waals surface area contributed by atoms with Crippen LogP contribution in [0.5, 0.6) is 0 Å². The molecule has 7 heteroatoms. The Labute approximate surface area is 117 Å². The van der Waals surface area contributed by atoms with Gasteiger partial charge in [-0.1, -0.05) is 0 Å². The number of carbonyl (C=O) groups is 1. The van der Waals surface area contributed by atoms with Crippen molar-refractivity contribution in [2.75, 3.05) is 32.9 Å². The highest BCUT2D eigenvalue weighted by Crippen LogP contribution is 2.19. The van der Waals surface area contributed by atoms with Crippen molar-refractivity contribution in [3.05, 3.63) is 33.9 Å². The number of rotatable bonds is 7. The first-order valence-corrected chi connectivity index (χ1v) is 6.38. The largest absolute Gasteiger partial charge is 0.398 e. The molecule has 0 bridgehead atoms. The van der Waals surface area contributed by atoms with E-state index in [0.29, 0.717) is 6.54 Å². The van der Waals surface area contributed by atoms with Gasteiger partial charge in [-0.05, 0) is 39.5 Å². The summed E-state index contributed by atoms with van der Waals surface area (Å²) in [5, 5.41) is 13.4. The van der Waals surface area contributed by atoms with Gasteiger partial charge in [0.25, 0.3) is 11.6 Å². The van der Waals surface area contributed by atoms with Gasteiger partial charge in [-0.15, -0.1) is 0 Å². The van der Waals surface area contributed by atoms with Gasteiger partial charge in [0.15, 0.2) is 0 Å². The molecule has 20 heavy (non-hydrogen) atoms. The smallest absolute Gasteiger partial charge is 0.270 e. The Balaban J connectivity index is 2.55. The molecule has 1 amide bonds. The van der Waals surface area contributed by atoms with Crippen LogP contribution >= 0.6 is 0 Å². The van der Waals surface area contributed by atoms with Gasteiger partial charge in [0.1, 0.15) is 0 Å². The molecular formula is C13H20N4O3. The maximum atomic E-state index is 11.9. The number of amides is 1. The molecule has 0 aliphatic carbocycles. The van der Waals surface area contributed by atoms with E-state index in [1.807, 2.05) is 14.1 Å². The number of nitro benzene ring substituents is 1. The molecule has 1 rings (SSSR count). The third-order valence-electron chi connectivity index (χ3n) is 2.81. The fourth-order valence-electron chi connectivity index (χ4n) is 1.70. The van der Waals surface area contributed by atoms with Gasteiger partial charge in [0.05, 0.1) is 10.5 Å². The van der Waals surface area contributed by atoms with Crippen LogP contribution in [0.2, 0.25) is 0 Å². The lowest BCUT2D eigenvalue weighted by atomic mass is 10.1. The standard InChI is InChI=1S/C13H20N4O3/c1-16(2)8-4-3-7-15-13(18)11-9-10(17(19)20)5-6-12(11)14/h5-6,9H,3-4,7-8,14H2,1-2H3,(H,15,18). The molecule has 0 spiro atoms. The lowest BCUT2D eigenvalue weighted by molar-refractivity contribution is -0.384. The molecule has 1 aromatic rings. The third kappa shape index (κ3) is 4.85. The Hall–Kier alpha value is -2.15. The van der Waals surface area contributed by atoms with E-state index in [4.69, 9.17) is 5.73 Å². The molecule has 110 valence electrons. The summed E-state index contributed by atoms with van der Waals surface area (Å²) in [6, 6.07) is 3.85. The number of carbonyl (C=O) groups excluding carboxylic acids is 1. The van der Waals surface area contributed by atoms with Crippen LogP contribution in [-0.4, -0.2) is 42.9 Å². The van der Waals surface area contributed by atoms with Crippen molar-refractivity contribution in [2.24, 2.45) is 0 Å². The van der Waals surface area contributed by atoms with Gasteiger partial charge in [-0.25, -0.2) is 0 Å². The molecule has 0 radical (unpaired) electrons. The number of hydrogen-bond acceptors (Lipinski definition) is 5. The van der Waals surface area contributed by atoms with E-state index in [1.165, 1.54) is 18.2 Å². The van der Waals surface area contributed by atoms with E-state index in [1.54, 1.807) is 0 Å². The SMILES string of the molecule is CN(C)CCCCNC(=O)c1cc([N+](=O)[O-])ccc1N. The van der Waals surface area contributed by atoms with Gasteiger partial charge in [-0.3, -0.25) is 14.9 Å². The Morgan fingerprint density at radius 2 is 2.10 bits per heavy atom. The van der Waals surface area contributed by atoms with Crippen molar-refractivity contribution in [3.8, 4) is 0 Å². The second kappa shape index (κ2) is 7.44. The van der Waals surface area contributed by atoms with E-state index in [9.17, 15) is 14.9 Å². The normalized spacial score (nSPS) is 10.6. The minimum absolute atomic E-state index is 0.142. The topological polar surface area (TPSA) is 102 Å². The number of unbranched alkanes of at least 4 members (excludes halogenated alkanes) is 1. The lowest BCUT2D eigenvalue weighted by Crippen LogP contribution is -2.26. The number of hydrogen-bond donors (Lipinski definition) is 2. The predicted molar refractivity (Wildman–Crippen MR) is 77.6 cm³/mol. The molecule has 3 N–H and O–H groups in total. The average Bonchev–Trinajstić information content (AvgIpc) is 2.37. The van der Waals surface area contributed by atoms with Crippen LogP contribution in [0.4, 0.5) is 11.4 Å². The molecule has 0 aliphatic heterocycles. The number of nitrogens with one attached hydrogen (secondary N) is 1. The number of benzene rings is 1. The van der Waals surface area contributed by atoms with Crippen molar-refractivity contribution in [1.82, 2.24) is 10.2 Å². The summed E-state index contributed by atoms with van der Waals surface area (Å²) in [5.74, 6) is -0.379. The lowest BCUT2D eigenvalue weighted by Gasteiger charge is -2.10. The monoisotopic (exact) mass is 280 g/mol. The molecule has 1 aromatic carbocycles. The van der Waals surface area contributed by atoms with Gasteiger partial charge in [0.2, 0.25) is 0 Å². The van der Waals surface area contributed by atoms with Gasteiger partial charge in [0, 0.05) is 24.4 Å². The number of nitrogens with zero attached hydrogens (tertiary/aromatic N) is 2. The maximum absolute atomic E-state index is 11.9. The van der Waals surface area contributed by atoms with Gasteiger partial charge in [-0.2, -0.15) is 0 Å². The van der Waals surface area contributed by atoms with E-state index >= 15 is 0 Å². The second-order valence-corrected chi connectivity index (χ2v) is 4.79. The zero-order chi connectivity index (χ0) is 15.1. The zero-order valence-corrected chi connectivity index (χ0v) is 11.8. The Morgan fingerprint density at radius 1 is 1.40 bits per heavy atom. The van der Waals surface area contributed by atoms with Gasteiger partial charge >= 0.3 is 0 Å². The van der Waals surface area contributed by atoms with Gasteiger partial charge < -0.3 is 16.0 Å². The van der Waals surface area contributed by atoms with Crippen molar-refractivity contribution in [1.29, 1.82) is 0 Å². The molecule has 0 unspecified atom stereocenters. The summed E-state index contributed by atoms with van der Waals surface area (Å²) in [4.78, 5) is 24.1. The Morgan fingerprint density at radius 3 is 2.70 bits per heavy atom. The summed E-state index contributed by atoms with van der Waals surface area (Å²) in [6.07, 6.45) is 1.82. The Bertz CT molecular complexity index is 489. The molecule has 0 aromatic heterocycles. The first-order chi connectivity index (χ1) is 9.41. The van der Waals surface area contributed by atoms with Crippen molar-refractivity contribution in [2.45, 2.75) is 12.8 Å². The summed E-state index contributed by atoms with van der Waals surface area (Å²) in [7, 11) is 3.98. The molecule has 0 fully saturated rings. The quantitative estimate of drug-likeness (QED) is 0.339. The average molecular weight is 280 g/mol. The highest BCUT2D eigenvalue weighted by molar-refractivity contribution is 5.99. The zero-order valence-electron chi connectivity index (χ0n) is 11.8. The number of nitrogens with two attached hydrogens (primary N) is 1. The molecule has 0 saturated carbocycles. The predicted octanol–water partition coefficient (Wildman–Crippen LogP) is 1.25. The second-order valence-electron chi connectivity index (χ2n) is 4.79. The van der Waals surface area contributed by atoms with Crippen molar-refractivity contribution < 1.29 is 9.72 Å². The van der Waals surface area contributed by atoms with E-state index in [2.05, 4.69) is 10.2 Å². The molecule has 0 atom stereocenters. The maximum Gasteiger partial charge on any atom is 0.270 e. The van der Waals surface area contributed by atoms with Crippen LogP contribution in [0.15, 0.2) is 18.2 Å². The Kier molecular flexibility index (Phi) is 5.92. The molecule has 7 nitrogen and oxygen atoms in total. The van der Waals surface area contributed by atoms with Crippen LogP contribution in [0, 0.1) is 10.1 Å². The summed E-state index contributed by atoms with van der Waals surface area (Å²) in [5.41, 5.74) is 5.91. The summed E-state index contributed by atoms with van der Waals surface area (Å²) >= 11 is 0. The first-order valence-electron chi connectivity index (χ1n) is 6.38. The van der Waals surface area contributed by atoms with Crippen molar-refractivity contribution in [3.63, 3.8) is 0 Å². The minimum atomic E-state index is -0.548. The van der Waals surface area contributed by atoms with Crippen molar-refractivity contribution >= 4 is 17.3 Å². The van der Waals surface area contributed by atoms with Crippen LogP contribution in [-0.2, 0) is 0 Å². The minimum Gasteiger partial charge on any atom is -0.398 e. The third-order valence-corrected chi connectivity index (χ3v) is 2.81. The fraction of sp³-hybridized carbons (Fsp3) is 0.462. The van der Waals surface area contributed by atoms with E-state index in [0.717, 1.165) is 19.4 Å².